The Morgan fingerprint density at radius 1 is 1.15 bits per heavy atom. The van der Waals surface area contributed by atoms with E-state index in [2.05, 4.69) is 15.6 Å². The van der Waals surface area contributed by atoms with Crippen LogP contribution in [0.1, 0.15) is 22.9 Å². The van der Waals surface area contributed by atoms with Gasteiger partial charge in [-0.3, -0.25) is 4.99 Å². The molecular formula is C26H25ClFN5O6. The summed E-state index contributed by atoms with van der Waals surface area (Å²) in [5.74, 6) is -1.74. The highest BCUT2D eigenvalue weighted by Crippen LogP contribution is 2.36. The third kappa shape index (κ3) is 7.25. The molecule has 1 atom stereocenters. The van der Waals surface area contributed by atoms with Gasteiger partial charge >= 0.3 is 11.9 Å². The van der Waals surface area contributed by atoms with Crippen molar-refractivity contribution in [3.05, 3.63) is 93.7 Å². The first-order chi connectivity index (χ1) is 18.9. The first kappa shape index (κ1) is 27.9. The Hall–Kier alpha value is -4.13. The number of hydrogen-bond acceptors (Lipinski definition) is 9. The van der Waals surface area contributed by atoms with E-state index in [9.17, 15) is 14.0 Å². The molecule has 4 rings (SSSR count). The van der Waals surface area contributed by atoms with Crippen LogP contribution in [0.15, 0.2) is 71.0 Å². The number of halogens is 2. The highest BCUT2D eigenvalue weighted by atomic mass is 35.5. The zero-order valence-corrected chi connectivity index (χ0v) is 21.6. The first-order valence-electron chi connectivity index (χ1n) is 11.8. The number of aliphatic carboxylic acids is 1. The standard InChI is InChI=1S/C26H25ClFN5O6/c1-37-26(36)23-21(14-39-13-18-12-33(32-31-18)9-10-38-15-22(34)35)29-25(16-5-3-2-4-6-16)30-24(23)19-8-7-17(28)11-20(19)27/h2-8,11-12,24H,9-10,13-15H2,1H3,(H,29,30)(H,34,35). The Bertz CT molecular complexity index is 1390. The van der Waals surface area contributed by atoms with Crippen LogP contribution < -0.4 is 5.32 Å². The van der Waals surface area contributed by atoms with Gasteiger partial charge in [-0.15, -0.1) is 5.10 Å². The number of carbonyl (C=O) groups excluding carboxylic acids is 1. The molecule has 2 N–H and O–H groups in total. The Morgan fingerprint density at radius 2 is 1.95 bits per heavy atom. The molecule has 0 bridgehead atoms. The van der Waals surface area contributed by atoms with E-state index in [0.717, 1.165) is 11.6 Å². The third-order valence-electron chi connectivity index (χ3n) is 5.61. The fourth-order valence-corrected chi connectivity index (χ4v) is 4.11. The van der Waals surface area contributed by atoms with Crippen molar-refractivity contribution in [1.29, 1.82) is 0 Å². The largest absolute Gasteiger partial charge is 0.480 e. The van der Waals surface area contributed by atoms with Gasteiger partial charge in [0.1, 0.15) is 30.0 Å². The molecule has 0 saturated heterocycles. The minimum absolute atomic E-state index is 0.0415. The molecule has 0 fully saturated rings. The fraction of sp³-hybridized carbons (Fsp3) is 0.269. The van der Waals surface area contributed by atoms with Gasteiger partial charge in [0.25, 0.3) is 0 Å². The van der Waals surface area contributed by atoms with Gasteiger partial charge in [0, 0.05) is 16.1 Å². The predicted octanol–water partition coefficient (Wildman–Crippen LogP) is 2.91. The monoisotopic (exact) mass is 557 g/mol. The number of nitrogens with zero attached hydrogens (tertiary/aromatic N) is 4. The van der Waals surface area contributed by atoms with Crippen LogP contribution in [0.3, 0.4) is 0 Å². The minimum atomic E-state index is -1.05. The number of esters is 1. The highest BCUT2D eigenvalue weighted by Gasteiger charge is 2.33. The molecular weight excluding hydrogens is 533 g/mol. The van der Waals surface area contributed by atoms with Crippen molar-refractivity contribution in [2.45, 2.75) is 19.2 Å². The van der Waals surface area contributed by atoms with Gasteiger partial charge in [-0.2, -0.15) is 0 Å². The van der Waals surface area contributed by atoms with E-state index in [-0.39, 0.29) is 30.4 Å². The summed E-state index contributed by atoms with van der Waals surface area (Å²) in [5, 5.41) is 19.9. The van der Waals surface area contributed by atoms with Gasteiger partial charge in [0.15, 0.2) is 0 Å². The number of ether oxygens (including phenoxy) is 3. The molecule has 2 heterocycles. The van der Waals surface area contributed by atoms with Crippen molar-refractivity contribution in [3.63, 3.8) is 0 Å². The van der Waals surface area contributed by atoms with Crippen LogP contribution in [0, 0.1) is 5.82 Å². The number of amidine groups is 1. The van der Waals surface area contributed by atoms with Crippen molar-refractivity contribution in [1.82, 2.24) is 20.3 Å². The Labute approximate surface area is 227 Å². The van der Waals surface area contributed by atoms with E-state index in [1.165, 1.54) is 23.9 Å². The van der Waals surface area contributed by atoms with Gasteiger partial charge in [0.2, 0.25) is 0 Å². The van der Waals surface area contributed by atoms with Crippen LogP contribution in [0.25, 0.3) is 0 Å². The number of methoxy groups -OCH3 is 1. The van der Waals surface area contributed by atoms with Crippen LogP contribution in [0.5, 0.6) is 0 Å². The lowest BCUT2D eigenvalue weighted by Gasteiger charge is -2.28. The summed E-state index contributed by atoms with van der Waals surface area (Å²) in [5.41, 5.74) is 2.27. The van der Waals surface area contributed by atoms with E-state index in [4.69, 9.17) is 35.9 Å². The molecule has 3 aromatic rings. The summed E-state index contributed by atoms with van der Waals surface area (Å²) in [6.07, 6.45) is 1.64. The number of nitrogens with one attached hydrogen (secondary N) is 1. The van der Waals surface area contributed by atoms with Crippen LogP contribution in [0.2, 0.25) is 5.02 Å². The quantitative estimate of drug-likeness (QED) is 0.254. The molecule has 0 spiro atoms. The van der Waals surface area contributed by atoms with Crippen molar-refractivity contribution < 1.29 is 33.3 Å². The van der Waals surface area contributed by atoms with E-state index in [1.807, 2.05) is 30.3 Å². The molecule has 0 saturated carbocycles. The maximum atomic E-state index is 13.8. The zero-order chi connectivity index (χ0) is 27.8. The molecule has 1 aliphatic rings. The molecule has 11 nitrogen and oxygen atoms in total. The SMILES string of the molecule is COC(=O)C1=C(COCc2cn(CCOCC(=O)O)nn2)NC(c2ccccc2)=NC1c1ccc(F)cc1Cl. The molecule has 1 aromatic heterocycles. The van der Waals surface area contributed by atoms with Gasteiger partial charge in [-0.1, -0.05) is 53.2 Å². The number of aromatic nitrogens is 3. The molecule has 204 valence electrons. The molecule has 1 aliphatic heterocycles. The lowest BCUT2D eigenvalue weighted by molar-refractivity contribution is -0.142. The summed E-state index contributed by atoms with van der Waals surface area (Å²) in [6.45, 7) is 0.101. The Morgan fingerprint density at radius 3 is 2.67 bits per heavy atom. The smallest absolute Gasteiger partial charge is 0.338 e. The lowest BCUT2D eigenvalue weighted by Crippen LogP contribution is -2.35. The number of hydrogen-bond donors (Lipinski definition) is 2. The van der Waals surface area contributed by atoms with Crippen molar-refractivity contribution in [2.75, 3.05) is 26.9 Å². The number of carbonyl (C=O) groups is 2. The van der Waals surface area contributed by atoms with Crippen molar-refractivity contribution >= 4 is 29.4 Å². The number of aliphatic imine (C=N–C) groups is 1. The Kier molecular flexibility index (Phi) is 9.36. The summed E-state index contributed by atoms with van der Waals surface area (Å²) in [4.78, 5) is 28.2. The summed E-state index contributed by atoms with van der Waals surface area (Å²) < 4.78 is 31.2. The van der Waals surface area contributed by atoms with Gasteiger partial charge in [-0.25, -0.2) is 18.7 Å². The van der Waals surface area contributed by atoms with Crippen LogP contribution in [0.4, 0.5) is 4.39 Å². The molecule has 0 radical (unpaired) electrons. The molecule has 39 heavy (non-hydrogen) atoms. The summed E-state index contributed by atoms with van der Waals surface area (Å²) >= 11 is 6.37. The number of carboxylic acids is 1. The van der Waals surface area contributed by atoms with Crippen molar-refractivity contribution in [3.8, 4) is 0 Å². The lowest BCUT2D eigenvalue weighted by atomic mass is 9.95. The molecule has 2 aromatic carbocycles. The number of rotatable bonds is 12. The van der Waals surface area contributed by atoms with E-state index in [0.29, 0.717) is 29.3 Å². The van der Waals surface area contributed by atoms with E-state index < -0.39 is 30.4 Å². The van der Waals surface area contributed by atoms with E-state index >= 15 is 0 Å². The van der Waals surface area contributed by atoms with Gasteiger partial charge in [0.05, 0.1) is 50.9 Å². The highest BCUT2D eigenvalue weighted by molar-refractivity contribution is 6.31. The first-order valence-corrected chi connectivity index (χ1v) is 12.2. The predicted molar refractivity (Wildman–Crippen MR) is 137 cm³/mol. The topological polar surface area (TPSA) is 137 Å². The fourth-order valence-electron chi connectivity index (χ4n) is 3.84. The maximum absolute atomic E-state index is 13.8. The summed E-state index contributed by atoms with van der Waals surface area (Å²) in [6, 6.07) is 12.3. The molecule has 0 aliphatic carbocycles. The van der Waals surface area contributed by atoms with Crippen LogP contribution in [-0.4, -0.2) is 64.8 Å². The van der Waals surface area contributed by atoms with Crippen molar-refractivity contribution in [2.24, 2.45) is 4.99 Å². The average Bonchev–Trinajstić information content (AvgIpc) is 3.38. The number of benzene rings is 2. The normalized spacial score (nSPS) is 15.1. The maximum Gasteiger partial charge on any atom is 0.338 e. The summed E-state index contributed by atoms with van der Waals surface area (Å²) in [7, 11) is 1.26. The molecule has 13 heteroatoms. The number of carboxylic acid groups (broad SMARTS) is 1. The average molecular weight is 558 g/mol. The zero-order valence-electron chi connectivity index (χ0n) is 20.8. The molecule has 0 amide bonds. The molecule has 1 unspecified atom stereocenters. The second kappa shape index (κ2) is 13.1. The third-order valence-corrected chi connectivity index (χ3v) is 5.94. The van der Waals surface area contributed by atoms with Gasteiger partial charge < -0.3 is 24.6 Å². The van der Waals surface area contributed by atoms with Crippen LogP contribution in [-0.2, 0) is 37.0 Å². The van der Waals surface area contributed by atoms with Crippen LogP contribution >= 0.6 is 11.6 Å². The second-order valence-electron chi connectivity index (χ2n) is 8.33. The Balaban J connectivity index is 1.56. The minimum Gasteiger partial charge on any atom is -0.480 e. The van der Waals surface area contributed by atoms with E-state index in [1.54, 1.807) is 6.20 Å². The second-order valence-corrected chi connectivity index (χ2v) is 8.74. The van der Waals surface area contributed by atoms with Gasteiger partial charge in [-0.05, 0) is 12.1 Å².